The molecule has 0 aliphatic rings. The van der Waals surface area contributed by atoms with Gasteiger partial charge in [0.25, 0.3) is 0 Å². The molecule has 3 aromatic carbocycles. The molecule has 0 aliphatic heterocycles. The quantitative estimate of drug-likeness (QED) is 0.350. The van der Waals surface area contributed by atoms with Crippen molar-refractivity contribution in [3.8, 4) is 0 Å². The molecule has 0 spiro atoms. The summed E-state index contributed by atoms with van der Waals surface area (Å²) in [4.78, 5) is 0. The Bertz CT molecular complexity index is 634. The van der Waals surface area contributed by atoms with Crippen LogP contribution in [0.2, 0.25) is 0 Å². The molecule has 0 nitrogen and oxygen atoms in total. The van der Waals surface area contributed by atoms with Crippen molar-refractivity contribution in [3.63, 3.8) is 0 Å². The summed E-state index contributed by atoms with van der Waals surface area (Å²) in [6.07, 6.45) is 0. The third-order valence-electron chi connectivity index (χ3n) is 2.76. The zero-order valence-electron chi connectivity index (χ0n) is 11.9. The van der Waals surface area contributed by atoms with E-state index in [0.717, 1.165) is 0 Å². The van der Waals surface area contributed by atoms with Crippen LogP contribution in [-0.4, -0.2) is 6.88 Å². The van der Waals surface area contributed by atoms with Crippen molar-refractivity contribution in [2.75, 3.05) is 0 Å². The first-order valence-corrected chi connectivity index (χ1v) is 9.33. The summed E-state index contributed by atoms with van der Waals surface area (Å²) < 4.78 is 0. The molecule has 3 rings (SSSR count). The van der Waals surface area contributed by atoms with E-state index in [0.29, 0.717) is 0 Å². The molecule has 0 fully saturated rings. The van der Waals surface area contributed by atoms with Crippen LogP contribution in [0.15, 0.2) is 48.5 Å². The first-order valence-electron chi connectivity index (χ1n) is 5.14. The van der Waals surface area contributed by atoms with Crippen LogP contribution >= 0.6 is 24.8 Å². The fourth-order valence-corrected chi connectivity index (χ4v) is 2.11. The second kappa shape index (κ2) is 11.6. The molecule has 0 aliphatic carbocycles. The maximum atomic E-state index is 3.06. The van der Waals surface area contributed by atoms with Crippen LogP contribution in [0.3, 0.4) is 0 Å². The molecule has 0 N–H and O–H groups in total. The number of halogens is 2. The molecule has 0 heterocycles. The number of aryl methyl sites for hydroxylation is 1. The Balaban J connectivity index is -0.000000463. The third kappa shape index (κ3) is 5.07. The zero-order chi connectivity index (χ0) is 11.5. The Labute approximate surface area is 151 Å². The Morgan fingerprint density at radius 1 is 0.900 bits per heavy atom. The molecule has 2 radical (unpaired) electrons. The Hall–Kier alpha value is -0.01000. The van der Waals surface area contributed by atoms with Gasteiger partial charge in [-0.15, -0.1) is 53.3 Å². The van der Waals surface area contributed by atoms with E-state index in [1.165, 1.54) is 50.4 Å². The summed E-state index contributed by atoms with van der Waals surface area (Å²) in [7, 11) is 0. The maximum absolute atomic E-state index is 3.06. The summed E-state index contributed by atoms with van der Waals surface area (Å²) in [6, 6.07) is 17.4. The first-order chi connectivity index (χ1) is 7.84. The zero-order valence-corrected chi connectivity index (χ0v) is 17.0. The molecule has 0 aromatic heterocycles. The molecule has 108 valence electrons. The van der Waals surface area contributed by atoms with Crippen molar-refractivity contribution in [2.45, 2.75) is 6.92 Å². The van der Waals surface area contributed by atoms with Crippen molar-refractivity contribution < 1.29 is 23.3 Å². The van der Waals surface area contributed by atoms with E-state index in [9.17, 15) is 0 Å². The standard InChI is InChI=1S/C14H11.2CH3.2ClH.Si.Zr/c1-10-8-12-7-6-11-4-2-3-5-13(11)14(12)9-10;;;;;;/h2-9H,1H3;2*1H3;2*1H;;/q3*-1;;;;. The Kier molecular flexibility index (Phi) is 14.5. The minimum atomic E-state index is 0. The fourth-order valence-electron chi connectivity index (χ4n) is 2.11. The van der Waals surface area contributed by atoms with E-state index < -0.39 is 0 Å². The van der Waals surface area contributed by atoms with E-state index in [4.69, 9.17) is 0 Å². The molecule has 3 aromatic rings. The van der Waals surface area contributed by atoms with Crippen LogP contribution < -0.4 is 0 Å². The number of hydrogen-bond donors (Lipinski definition) is 0. The van der Waals surface area contributed by atoms with E-state index in [1.807, 2.05) is 0 Å². The number of hydrogen-bond acceptors (Lipinski definition) is 0. The molecule has 0 bridgehead atoms. The van der Waals surface area contributed by atoms with Gasteiger partial charge in [-0.1, -0.05) is 48.0 Å². The predicted molar refractivity (Wildman–Crippen MR) is 94.9 cm³/mol. The predicted octanol–water partition coefficient (Wildman–Crippen LogP) is 5.38. The van der Waals surface area contributed by atoms with Gasteiger partial charge < -0.3 is 14.9 Å². The van der Waals surface area contributed by atoms with Crippen molar-refractivity contribution in [1.29, 1.82) is 0 Å². The molecule has 0 saturated heterocycles. The molecule has 0 unspecified atom stereocenters. The Morgan fingerprint density at radius 2 is 1.45 bits per heavy atom. The molecule has 0 atom stereocenters. The molecule has 0 amide bonds. The van der Waals surface area contributed by atoms with Crippen molar-refractivity contribution in [2.24, 2.45) is 0 Å². The van der Waals surface area contributed by atoms with Crippen LogP contribution in [0.1, 0.15) is 5.56 Å². The molecular formula is C16H19Cl2SiZr-3. The van der Waals surface area contributed by atoms with Gasteiger partial charge in [0.1, 0.15) is 0 Å². The Morgan fingerprint density at radius 3 is 2.10 bits per heavy atom. The number of fused-ring (bicyclic) bond motifs is 3. The second-order valence-corrected chi connectivity index (χ2v) is 3.82. The molecule has 20 heavy (non-hydrogen) atoms. The average Bonchev–Trinajstić information content (AvgIpc) is 2.72. The van der Waals surface area contributed by atoms with Crippen molar-refractivity contribution in [1.82, 2.24) is 0 Å². The van der Waals surface area contributed by atoms with Gasteiger partial charge >= 0.3 is 30.2 Å². The molecule has 4 heteroatoms. The van der Waals surface area contributed by atoms with Gasteiger partial charge in [-0.3, -0.25) is 0 Å². The van der Waals surface area contributed by atoms with Gasteiger partial charge in [-0.25, -0.2) is 0 Å². The average molecular weight is 402 g/mol. The number of rotatable bonds is 0. The van der Waals surface area contributed by atoms with E-state index in [1.54, 1.807) is 0 Å². The summed E-state index contributed by atoms with van der Waals surface area (Å²) in [5, 5.41) is 5.41. The van der Waals surface area contributed by atoms with E-state index in [-0.39, 0.29) is 39.7 Å². The van der Waals surface area contributed by atoms with Gasteiger partial charge in [-0.05, 0) is 0 Å². The normalized spacial score (nSPS) is 8.00. The van der Waals surface area contributed by atoms with E-state index >= 15 is 0 Å². The summed E-state index contributed by atoms with van der Waals surface area (Å²) in [5.74, 6) is 0. The van der Waals surface area contributed by atoms with Gasteiger partial charge in [-0.2, -0.15) is 6.07 Å². The summed E-state index contributed by atoms with van der Waals surface area (Å²) >= 11 is 1.36. The summed E-state index contributed by atoms with van der Waals surface area (Å²) in [6.45, 7) is 5.21. The van der Waals surface area contributed by atoms with E-state index in [2.05, 4.69) is 62.3 Å². The topological polar surface area (TPSA) is 0 Å². The van der Waals surface area contributed by atoms with Crippen LogP contribution in [0.25, 0.3) is 21.5 Å². The molecular weight excluding hydrogens is 382 g/mol. The first kappa shape index (κ1) is 25.0. The van der Waals surface area contributed by atoms with Crippen LogP contribution in [0.4, 0.5) is 0 Å². The van der Waals surface area contributed by atoms with Crippen LogP contribution in [-0.2, 0) is 23.3 Å². The third-order valence-corrected chi connectivity index (χ3v) is 2.76. The minimum absolute atomic E-state index is 0. The molecule has 0 saturated carbocycles. The number of benzene rings is 2. The second-order valence-electron chi connectivity index (χ2n) is 3.82. The van der Waals surface area contributed by atoms with Gasteiger partial charge in [0.2, 0.25) is 0 Å². The van der Waals surface area contributed by atoms with Gasteiger partial charge in [0.15, 0.2) is 0 Å². The summed E-state index contributed by atoms with van der Waals surface area (Å²) in [5.41, 5.74) is 1.34. The van der Waals surface area contributed by atoms with Gasteiger partial charge in [0.05, 0.1) is 0 Å². The SMILES string of the molecule is Cc1cc2ccc3ccccc3c2[cH-]1.Cl.Cl.[CH3-].[CH3-].[Si]=[Zr]. The van der Waals surface area contributed by atoms with Gasteiger partial charge in [0, 0.05) is 0 Å². The van der Waals surface area contributed by atoms with Crippen LogP contribution in [0, 0.1) is 21.8 Å². The monoisotopic (exact) mass is 399 g/mol. The van der Waals surface area contributed by atoms with Crippen LogP contribution in [0.5, 0.6) is 0 Å². The van der Waals surface area contributed by atoms with Crippen molar-refractivity contribution in [3.05, 3.63) is 68.9 Å². The van der Waals surface area contributed by atoms with Crippen molar-refractivity contribution >= 4 is 53.2 Å². The fraction of sp³-hybridized carbons (Fsp3) is 0.0625.